The van der Waals surface area contributed by atoms with Crippen molar-refractivity contribution in [3.05, 3.63) is 156 Å². The Balaban J connectivity index is 1.36. The molecule has 6 aromatic rings. The third kappa shape index (κ3) is 5.64. The van der Waals surface area contributed by atoms with Gasteiger partial charge in [-0.25, -0.2) is 4.98 Å². The summed E-state index contributed by atoms with van der Waals surface area (Å²) in [5.74, 6) is 0. The molecule has 234 valence electrons. The molecule has 0 atom stereocenters. The quantitative estimate of drug-likeness (QED) is 0.140. The number of para-hydroxylation sites is 1. The Morgan fingerprint density at radius 3 is 1.85 bits per heavy atom. The second-order valence-electron chi connectivity index (χ2n) is 12.5. The summed E-state index contributed by atoms with van der Waals surface area (Å²) >= 11 is 1.78. The zero-order valence-corrected chi connectivity index (χ0v) is 28.6. The van der Waals surface area contributed by atoms with Crippen LogP contribution in [-0.4, -0.2) is 4.98 Å². The van der Waals surface area contributed by atoms with E-state index >= 15 is 0 Å². The number of fused-ring (bicyclic) bond motifs is 4. The van der Waals surface area contributed by atoms with Gasteiger partial charge in [0.25, 0.3) is 0 Å². The van der Waals surface area contributed by atoms with Gasteiger partial charge in [-0.1, -0.05) is 92.7 Å². The highest BCUT2D eigenvalue weighted by Gasteiger charge is 2.41. The SMILES string of the molecule is C/C=C/Cc1cccc(N(c2cccc(C/C=C/C)c2)c2ccc3c(c2)C(CC)(CC)c2cc(-c4nc5ccccc5s4)ccc2-3)c1. The Kier molecular flexibility index (Phi) is 8.66. The molecule has 0 amide bonds. The molecule has 0 radical (unpaired) electrons. The van der Waals surface area contributed by atoms with E-state index < -0.39 is 0 Å². The molecule has 1 aliphatic rings. The molecule has 1 aliphatic carbocycles. The van der Waals surface area contributed by atoms with Gasteiger partial charge in [-0.05, 0) is 128 Å². The van der Waals surface area contributed by atoms with Crippen LogP contribution >= 0.6 is 11.3 Å². The first-order valence-corrected chi connectivity index (χ1v) is 17.8. The Morgan fingerprint density at radius 2 is 1.23 bits per heavy atom. The number of allylic oxidation sites excluding steroid dienone is 4. The van der Waals surface area contributed by atoms with E-state index in [9.17, 15) is 0 Å². The minimum Gasteiger partial charge on any atom is -0.310 e. The molecule has 2 nitrogen and oxygen atoms in total. The van der Waals surface area contributed by atoms with E-state index in [0.717, 1.165) is 36.2 Å². The van der Waals surface area contributed by atoms with Crippen LogP contribution in [0.3, 0.4) is 0 Å². The maximum absolute atomic E-state index is 5.02. The Labute approximate surface area is 283 Å². The molecule has 0 spiro atoms. The lowest BCUT2D eigenvalue weighted by molar-refractivity contribution is 0.490. The van der Waals surface area contributed by atoms with Gasteiger partial charge in [0, 0.05) is 28.0 Å². The molecule has 0 saturated carbocycles. The van der Waals surface area contributed by atoms with Crippen LogP contribution in [-0.2, 0) is 18.3 Å². The molecule has 1 heterocycles. The normalized spacial score (nSPS) is 13.4. The zero-order chi connectivity index (χ0) is 32.4. The first kappa shape index (κ1) is 30.9. The number of hydrogen-bond donors (Lipinski definition) is 0. The molecule has 0 bridgehead atoms. The van der Waals surface area contributed by atoms with Gasteiger partial charge in [0.05, 0.1) is 10.2 Å². The van der Waals surface area contributed by atoms with Crippen LogP contribution in [0.2, 0.25) is 0 Å². The lowest BCUT2D eigenvalue weighted by atomic mass is 9.73. The van der Waals surface area contributed by atoms with Crippen molar-refractivity contribution in [2.45, 2.75) is 58.8 Å². The molecule has 0 N–H and O–H groups in total. The first-order valence-electron chi connectivity index (χ1n) is 16.9. The highest BCUT2D eigenvalue weighted by molar-refractivity contribution is 7.21. The third-order valence-corrected chi connectivity index (χ3v) is 11.0. The number of aromatic nitrogens is 1. The van der Waals surface area contributed by atoms with E-state index in [2.05, 4.69) is 166 Å². The summed E-state index contributed by atoms with van der Waals surface area (Å²) in [5.41, 5.74) is 14.0. The molecule has 7 rings (SSSR count). The van der Waals surface area contributed by atoms with E-state index in [1.54, 1.807) is 11.3 Å². The number of thiazole rings is 1. The molecule has 1 aromatic heterocycles. The fourth-order valence-electron chi connectivity index (χ4n) is 7.36. The summed E-state index contributed by atoms with van der Waals surface area (Å²) in [6.07, 6.45) is 12.6. The van der Waals surface area contributed by atoms with Gasteiger partial charge >= 0.3 is 0 Å². The van der Waals surface area contributed by atoms with E-state index in [1.807, 2.05) is 0 Å². The highest BCUT2D eigenvalue weighted by Crippen LogP contribution is 2.55. The van der Waals surface area contributed by atoms with Crippen molar-refractivity contribution in [1.29, 1.82) is 0 Å². The smallest absolute Gasteiger partial charge is 0.124 e. The lowest BCUT2D eigenvalue weighted by Crippen LogP contribution is -2.23. The molecule has 0 aliphatic heterocycles. The van der Waals surface area contributed by atoms with Gasteiger partial charge in [-0.3, -0.25) is 0 Å². The summed E-state index contributed by atoms with van der Waals surface area (Å²) in [7, 11) is 0. The maximum Gasteiger partial charge on any atom is 0.124 e. The Morgan fingerprint density at radius 1 is 0.638 bits per heavy atom. The van der Waals surface area contributed by atoms with Crippen molar-refractivity contribution >= 4 is 38.6 Å². The van der Waals surface area contributed by atoms with Crippen molar-refractivity contribution in [3.8, 4) is 21.7 Å². The minimum atomic E-state index is -0.0689. The maximum atomic E-state index is 5.02. The molecular weight excluding hydrogens is 589 g/mol. The van der Waals surface area contributed by atoms with Crippen LogP contribution in [0.1, 0.15) is 62.8 Å². The molecular formula is C44H42N2S. The zero-order valence-electron chi connectivity index (χ0n) is 27.8. The fraction of sp³-hybridized carbons (Fsp3) is 0.205. The lowest BCUT2D eigenvalue weighted by Gasteiger charge is -2.32. The number of benzene rings is 5. The second-order valence-corrected chi connectivity index (χ2v) is 13.5. The summed E-state index contributed by atoms with van der Waals surface area (Å²) in [6.45, 7) is 8.88. The van der Waals surface area contributed by atoms with Crippen LogP contribution in [0.15, 0.2) is 133 Å². The fourth-order valence-corrected chi connectivity index (χ4v) is 8.32. The number of anilines is 3. The molecule has 0 saturated heterocycles. The van der Waals surface area contributed by atoms with Gasteiger partial charge in [-0.2, -0.15) is 0 Å². The highest BCUT2D eigenvalue weighted by atomic mass is 32.1. The average molecular weight is 631 g/mol. The molecule has 0 fully saturated rings. The number of nitrogens with zero attached hydrogens (tertiary/aromatic N) is 2. The Hall–Kier alpha value is -4.73. The summed E-state index contributed by atoms with van der Waals surface area (Å²) in [6, 6.07) is 40.7. The van der Waals surface area contributed by atoms with E-state index in [-0.39, 0.29) is 5.41 Å². The summed E-state index contributed by atoms with van der Waals surface area (Å²) in [4.78, 5) is 7.46. The molecule has 5 aromatic carbocycles. The largest absolute Gasteiger partial charge is 0.310 e. The third-order valence-electron chi connectivity index (χ3n) is 9.87. The average Bonchev–Trinajstić information content (AvgIpc) is 3.67. The first-order chi connectivity index (χ1) is 23.1. The second kappa shape index (κ2) is 13.2. The van der Waals surface area contributed by atoms with Crippen LogP contribution in [0.5, 0.6) is 0 Å². The Bertz CT molecular complexity index is 2020. The predicted octanol–water partition coefficient (Wildman–Crippen LogP) is 12.8. The van der Waals surface area contributed by atoms with Crippen LogP contribution in [0.25, 0.3) is 31.9 Å². The molecule has 0 unspecified atom stereocenters. The van der Waals surface area contributed by atoms with Crippen molar-refractivity contribution in [2.24, 2.45) is 0 Å². The standard InChI is InChI=1S/C44H42N2S/c1-5-9-15-31-17-13-19-34(27-31)46(35-20-14-18-32(28-35)16-10-6-2)36-24-26-38-37-25-23-33(43-45-41-21-11-12-22-42(41)47-43)29-39(37)44(7-3,8-4)40(38)30-36/h5-6,9-14,17-30H,7-8,15-16H2,1-4H3/b9-5+,10-6+. The summed E-state index contributed by atoms with van der Waals surface area (Å²) < 4.78 is 1.23. The monoisotopic (exact) mass is 630 g/mol. The number of rotatable bonds is 10. The van der Waals surface area contributed by atoms with Crippen molar-refractivity contribution in [3.63, 3.8) is 0 Å². The molecule has 3 heteroatoms. The van der Waals surface area contributed by atoms with Crippen molar-refractivity contribution < 1.29 is 0 Å². The van der Waals surface area contributed by atoms with E-state index in [4.69, 9.17) is 4.98 Å². The van der Waals surface area contributed by atoms with Gasteiger partial charge in [0.2, 0.25) is 0 Å². The van der Waals surface area contributed by atoms with E-state index in [0.29, 0.717) is 0 Å². The van der Waals surface area contributed by atoms with Crippen LogP contribution in [0, 0.1) is 0 Å². The predicted molar refractivity (Wildman–Crippen MR) is 204 cm³/mol. The van der Waals surface area contributed by atoms with Gasteiger partial charge in [0.1, 0.15) is 5.01 Å². The summed E-state index contributed by atoms with van der Waals surface area (Å²) in [5, 5.41) is 1.09. The van der Waals surface area contributed by atoms with Crippen molar-refractivity contribution in [1.82, 2.24) is 4.98 Å². The number of hydrogen-bond acceptors (Lipinski definition) is 3. The van der Waals surface area contributed by atoms with Gasteiger partial charge in [0.15, 0.2) is 0 Å². The van der Waals surface area contributed by atoms with Crippen LogP contribution < -0.4 is 4.90 Å². The minimum absolute atomic E-state index is 0.0689. The van der Waals surface area contributed by atoms with Gasteiger partial charge < -0.3 is 4.90 Å². The van der Waals surface area contributed by atoms with Gasteiger partial charge in [-0.15, -0.1) is 11.3 Å². The van der Waals surface area contributed by atoms with E-state index in [1.165, 1.54) is 60.7 Å². The topological polar surface area (TPSA) is 16.1 Å². The molecule has 47 heavy (non-hydrogen) atoms. The van der Waals surface area contributed by atoms with Crippen LogP contribution in [0.4, 0.5) is 17.1 Å². The van der Waals surface area contributed by atoms with Crippen molar-refractivity contribution in [2.75, 3.05) is 4.90 Å².